The summed E-state index contributed by atoms with van der Waals surface area (Å²) in [6, 6.07) is 9.32. The summed E-state index contributed by atoms with van der Waals surface area (Å²) < 4.78 is 6.52. The fourth-order valence-electron chi connectivity index (χ4n) is 8.18. The molecule has 11 nitrogen and oxygen atoms in total. The predicted octanol–water partition coefficient (Wildman–Crippen LogP) is 2.65. The number of fused-ring (bicyclic) bond motifs is 1. The smallest absolute Gasteiger partial charge is 0.271 e. The number of hydrogen-bond acceptors (Lipinski definition) is 9. The van der Waals surface area contributed by atoms with Gasteiger partial charge in [0.25, 0.3) is 5.91 Å². The average molecular weight is 601 g/mol. The fraction of sp³-hybridized carbons (Fsp3) is 0.576. The molecule has 44 heavy (non-hydrogen) atoms. The van der Waals surface area contributed by atoms with Gasteiger partial charge in [-0.15, -0.1) is 0 Å². The Balaban J connectivity index is 1.02. The van der Waals surface area contributed by atoms with Crippen molar-refractivity contribution >= 4 is 29.0 Å². The Kier molecular flexibility index (Phi) is 7.70. The molecule has 5 heterocycles. The molecule has 2 aromatic rings. The summed E-state index contributed by atoms with van der Waals surface area (Å²) in [6.45, 7) is 12.4. The number of amides is 2. The van der Waals surface area contributed by atoms with Crippen LogP contribution < -0.4 is 20.7 Å². The highest BCUT2D eigenvalue weighted by atomic mass is 16.5. The highest BCUT2D eigenvalue weighted by Crippen LogP contribution is 2.61. The first-order valence-electron chi connectivity index (χ1n) is 16.2. The van der Waals surface area contributed by atoms with Crippen LogP contribution in [0.3, 0.4) is 0 Å². The second-order valence-electron chi connectivity index (χ2n) is 13.1. The number of aromatic nitrogens is 2. The topological polar surface area (TPSA) is 120 Å². The van der Waals surface area contributed by atoms with E-state index in [2.05, 4.69) is 50.8 Å². The van der Waals surface area contributed by atoms with Crippen LogP contribution in [0.2, 0.25) is 0 Å². The Morgan fingerprint density at radius 2 is 1.77 bits per heavy atom. The molecule has 8 rings (SSSR count). The molecular formula is C33H44N8O3. The number of nitrogens with two attached hydrogens (primary N) is 1. The van der Waals surface area contributed by atoms with Gasteiger partial charge in [0.15, 0.2) is 11.5 Å². The molecule has 3 N–H and O–H groups in total. The average Bonchev–Trinajstić information content (AvgIpc) is 3.66. The number of aryl methyl sites for hydroxylation is 1. The lowest BCUT2D eigenvalue weighted by atomic mass is 9.91. The zero-order chi connectivity index (χ0) is 30.5. The van der Waals surface area contributed by atoms with Gasteiger partial charge in [-0.3, -0.25) is 14.5 Å². The van der Waals surface area contributed by atoms with E-state index in [0.29, 0.717) is 41.7 Å². The van der Waals surface area contributed by atoms with E-state index in [1.54, 1.807) is 0 Å². The van der Waals surface area contributed by atoms with E-state index in [4.69, 9.17) is 15.5 Å². The third kappa shape index (κ3) is 5.30. The summed E-state index contributed by atoms with van der Waals surface area (Å²) in [5.74, 6) is 0.860. The van der Waals surface area contributed by atoms with Crippen LogP contribution in [0.15, 0.2) is 36.9 Å². The van der Waals surface area contributed by atoms with E-state index >= 15 is 0 Å². The first-order chi connectivity index (χ1) is 21.3. The number of hydrogen-bond donors (Lipinski definition) is 2. The molecule has 2 saturated carbocycles. The van der Waals surface area contributed by atoms with E-state index in [9.17, 15) is 9.59 Å². The molecule has 234 valence electrons. The van der Waals surface area contributed by atoms with Crippen molar-refractivity contribution in [2.24, 2.45) is 17.6 Å². The number of likely N-dealkylation sites (N-methyl/N-ethyl adjacent to an activating group) is 1. The quantitative estimate of drug-likeness (QED) is 0.419. The van der Waals surface area contributed by atoms with Crippen LogP contribution in [0.25, 0.3) is 0 Å². The maximum atomic E-state index is 12.4. The van der Waals surface area contributed by atoms with E-state index < -0.39 is 5.91 Å². The Labute approximate surface area is 259 Å². The standard InChI is InChI=1S/C33H44N8O3/c1-4-25-33(44-26-19-23-18-24-28(26)30(24)41(23)27(42)5-2)37-32(29(36-25)31(34)43)35-20-6-8-21(9-7-20)39-12-10-22(11-13-39)40-16-14-38(3)15-17-40/h5-9,22-24,26,28,30H,2,4,10-19H2,1,3H3,(H2,34,43)(H,35,37)/t23-,24?,26+,28?,30+/m0/s1. The molecule has 1 aromatic heterocycles. The van der Waals surface area contributed by atoms with E-state index in [-0.39, 0.29) is 29.8 Å². The summed E-state index contributed by atoms with van der Waals surface area (Å²) in [7, 11) is 2.21. The monoisotopic (exact) mass is 600 g/mol. The second kappa shape index (κ2) is 11.7. The lowest BCUT2D eigenvalue weighted by Crippen LogP contribution is -2.52. The van der Waals surface area contributed by atoms with E-state index in [0.717, 1.165) is 44.7 Å². The molecule has 1 aromatic carbocycles. The van der Waals surface area contributed by atoms with Crippen molar-refractivity contribution in [3.05, 3.63) is 48.3 Å². The van der Waals surface area contributed by atoms with Gasteiger partial charge in [0.1, 0.15) is 11.8 Å². The van der Waals surface area contributed by atoms with Crippen molar-refractivity contribution in [2.45, 2.75) is 63.3 Å². The molecule has 4 aliphatic heterocycles. The third-order valence-corrected chi connectivity index (χ3v) is 10.6. The summed E-state index contributed by atoms with van der Waals surface area (Å²) in [5.41, 5.74) is 8.45. The zero-order valence-corrected chi connectivity index (χ0v) is 25.8. The first kappa shape index (κ1) is 29.0. The van der Waals surface area contributed by atoms with Gasteiger partial charge in [-0.1, -0.05) is 13.5 Å². The van der Waals surface area contributed by atoms with Crippen LogP contribution in [0.5, 0.6) is 5.88 Å². The number of benzene rings is 1. The Hall–Kier alpha value is -3.70. The van der Waals surface area contributed by atoms with Crippen molar-refractivity contribution in [3.63, 3.8) is 0 Å². The van der Waals surface area contributed by atoms with Gasteiger partial charge in [-0.05, 0) is 69.0 Å². The van der Waals surface area contributed by atoms with E-state index in [1.165, 1.54) is 37.7 Å². The Bertz CT molecular complexity index is 1410. The molecule has 6 fully saturated rings. The minimum absolute atomic E-state index is 0.0101. The van der Waals surface area contributed by atoms with Gasteiger partial charge in [-0.25, -0.2) is 4.98 Å². The minimum atomic E-state index is -0.638. The van der Waals surface area contributed by atoms with Crippen molar-refractivity contribution in [1.29, 1.82) is 0 Å². The van der Waals surface area contributed by atoms with Crippen molar-refractivity contribution < 1.29 is 14.3 Å². The van der Waals surface area contributed by atoms with Crippen LogP contribution in [0.1, 0.15) is 48.8 Å². The highest BCUT2D eigenvalue weighted by Gasteiger charge is 2.69. The number of nitrogens with zero attached hydrogens (tertiary/aromatic N) is 6. The number of piperazine rings is 1. The molecule has 2 aliphatic carbocycles. The fourth-order valence-corrected chi connectivity index (χ4v) is 8.18. The van der Waals surface area contributed by atoms with Crippen molar-refractivity contribution in [3.8, 4) is 5.88 Å². The number of rotatable bonds is 9. The number of anilines is 3. The molecule has 2 amide bonds. The van der Waals surface area contributed by atoms with Crippen LogP contribution >= 0.6 is 0 Å². The second-order valence-corrected chi connectivity index (χ2v) is 13.1. The van der Waals surface area contributed by atoms with Gasteiger partial charge in [0.05, 0.1) is 0 Å². The largest absolute Gasteiger partial charge is 0.473 e. The van der Waals surface area contributed by atoms with Crippen molar-refractivity contribution in [2.75, 3.05) is 56.5 Å². The van der Waals surface area contributed by atoms with Gasteiger partial charge in [-0.2, -0.15) is 4.98 Å². The Morgan fingerprint density at radius 1 is 1.05 bits per heavy atom. The number of carbonyl (C=O) groups excluding carboxylic acids is 2. The summed E-state index contributed by atoms with van der Waals surface area (Å²) in [5, 5.41) is 3.29. The van der Waals surface area contributed by atoms with Gasteiger partial charge < -0.3 is 30.5 Å². The molecule has 4 bridgehead atoms. The third-order valence-electron chi connectivity index (χ3n) is 10.6. The molecule has 0 spiro atoms. The van der Waals surface area contributed by atoms with Gasteiger partial charge >= 0.3 is 0 Å². The van der Waals surface area contributed by atoms with Crippen LogP contribution in [0.4, 0.5) is 17.2 Å². The lowest BCUT2D eigenvalue weighted by molar-refractivity contribution is -0.130. The number of carbonyl (C=O) groups is 2. The first-order valence-corrected chi connectivity index (χ1v) is 16.2. The molecule has 4 saturated heterocycles. The van der Waals surface area contributed by atoms with Crippen LogP contribution in [0, 0.1) is 11.8 Å². The SMILES string of the molecule is C=CC(=O)N1[C@H]2CC3C([C@@H]31)[C@H](Oc1nc(Nc3ccc(N4CCC(N5CCN(C)CC5)CC4)cc3)c(C(N)=O)nc1CC)C2. The molecule has 5 atom stereocenters. The van der Waals surface area contributed by atoms with Crippen LogP contribution in [-0.2, 0) is 11.2 Å². The number of piperidine rings is 3. The molecule has 2 unspecified atom stereocenters. The van der Waals surface area contributed by atoms with Gasteiger partial charge in [0.2, 0.25) is 11.8 Å². The van der Waals surface area contributed by atoms with E-state index in [1.807, 2.05) is 24.0 Å². The highest BCUT2D eigenvalue weighted by molar-refractivity contribution is 5.96. The molecular weight excluding hydrogens is 556 g/mol. The number of nitrogens with one attached hydrogen (secondary N) is 1. The normalized spacial score (nSPS) is 28.5. The Morgan fingerprint density at radius 3 is 2.41 bits per heavy atom. The van der Waals surface area contributed by atoms with Crippen molar-refractivity contribution in [1.82, 2.24) is 24.7 Å². The summed E-state index contributed by atoms with van der Waals surface area (Å²) in [4.78, 5) is 43.7. The maximum Gasteiger partial charge on any atom is 0.271 e. The zero-order valence-electron chi connectivity index (χ0n) is 25.8. The maximum absolute atomic E-state index is 12.4. The van der Waals surface area contributed by atoms with Gasteiger partial charge in [0, 0.05) is 81.1 Å². The molecule has 6 aliphatic rings. The molecule has 0 radical (unpaired) electrons. The minimum Gasteiger partial charge on any atom is -0.473 e. The summed E-state index contributed by atoms with van der Waals surface area (Å²) >= 11 is 0. The predicted molar refractivity (Wildman–Crippen MR) is 169 cm³/mol. The lowest BCUT2D eigenvalue weighted by Gasteiger charge is -2.42. The van der Waals surface area contributed by atoms with Crippen LogP contribution in [-0.4, -0.2) is 107 Å². The number of ether oxygens (including phenoxy) is 1. The molecule has 11 heteroatoms. The number of primary amides is 1. The summed E-state index contributed by atoms with van der Waals surface area (Å²) in [6.07, 6.45) is 6.08.